The van der Waals surface area contributed by atoms with E-state index in [1.54, 1.807) is 0 Å². The van der Waals surface area contributed by atoms with E-state index in [2.05, 4.69) is 384 Å². The summed E-state index contributed by atoms with van der Waals surface area (Å²) in [6.45, 7) is 4.80. The number of benzene rings is 15. The second-order valence-electron chi connectivity index (χ2n) is 26.5. The van der Waals surface area contributed by atoms with Gasteiger partial charge in [0.2, 0.25) is 0 Å². The maximum absolute atomic E-state index is 2.45. The van der Waals surface area contributed by atoms with Gasteiger partial charge in [0, 0.05) is 71.9 Å². The lowest BCUT2D eigenvalue weighted by atomic mass is 9.81. The molecule has 456 valence electrons. The van der Waals surface area contributed by atoms with Crippen LogP contribution in [0.2, 0.25) is 0 Å². The van der Waals surface area contributed by atoms with E-state index in [1.165, 1.54) is 138 Å². The summed E-state index contributed by atoms with van der Waals surface area (Å²) in [6.07, 6.45) is 0. The van der Waals surface area contributed by atoms with Gasteiger partial charge in [0.15, 0.2) is 0 Å². The van der Waals surface area contributed by atoms with Crippen LogP contribution >= 0.6 is 0 Å². The molecule has 1 aliphatic rings. The zero-order valence-corrected chi connectivity index (χ0v) is 53.8. The number of hydrogen-bond acceptors (Lipinski definition) is 1. The van der Waals surface area contributed by atoms with Gasteiger partial charge in [-0.15, -0.1) is 0 Å². The first-order valence-electron chi connectivity index (χ1n) is 33.6. The third-order valence-electron chi connectivity index (χ3n) is 20.7. The molecule has 0 unspecified atom stereocenters. The van der Waals surface area contributed by atoms with Crippen molar-refractivity contribution in [3.8, 4) is 83.8 Å². The molecular formula is C93H64N4. The van der Waals surface area contributed by atoms with Gasteiger partial charge in [-0.25, -0.2) is 0 Å². The molecule has 4 nitrogen and oxygen atoms in total. The highest BCUT2D eigenvalue weighted by Gasteiger charge is 2.37. The normalized spacial score (nSPS) is 12.5. The molecule has 0 radical (unpaired) electrons. The van der Waals surface area contributed by atoms with E-state index < -0.39 is 0 Å². The van der Waals surface area contributed by atoms with E-state index in [0.717, 1.165) is 39.6 Å². The van der Waals surface area contributed by atoms with Crippen LogP contribution in [0.3, 0.4) is 0 Å². The minimum atomic E-state index is -0.278. The highest BCUT2D eigenvalue weighted by molar-refractivity contribution is 6.13. The van der Waals surface area contributed by atoms with Crippen LogP contribution in [0.4, 0.5) is 17.1 Å². The van der Waals surface area contributed by atoms with Crippen molar-refractivity contribution in [2.24, 2.45) is 0 Å². The summed E-state index contributed by atoms with van der Waals surface area (Å²) < 4.78 is 7.17. The fourth-order valence-corrected chi connectivity index (χ4v) is 15.8. The number of aromatic nitrogens is 3. The molecule has 0 fully saturated rings. The molecule has 0 aliphatic heterocycles. The minimum Gasteiger partial charge on any atom is -0.310 e. The van der Waals surface area contributed by atoms with Gasteiger partial charge in [0.25, 0.3) is 0 Å². The zero-order valence-electron chi connectivity index (χ0n) is 53.8. The van der Waals surface area contributed by atoms with Crippen molar-refractivity contribution in [1.82, 2.24) is 13.7 Å². The standard InChI is InChI=1S/C93H64N4/c1-93(2)85-57-68(67-45-55-90-84(56-67)81-26-14-17-29-89(81)95(90)71-18-6-3-7-19-71)42-51-77(85)78-54-50-76(60-86(78)93)94(74-46-38-63(39-47-74)61-30-34-65(35-31-61)69-43-52-82-79-24-12-15-27-87(79)96(91(82)58-69)72-20-8-4-9-21-72)75-48-40-64(41-49-75)62-32-36-66(37-33-62)70-44-53-83-80-25-13-16-28-88(80)97(92(83)59-70)73-22-10-5-11-23-73/h3-60H,1-2H3. The topological polar surface area (TPSA) is 18.0 Å². The average Bonchev–Trinajstić information content (AvgIpc) is 1.60. The van der Waals surface area contributed by atoms with E-state index in [1.807, 2.05) is 0 Å². The summed E-state index contributed by atoms with van der Waals surface area (Å²) in [5, 5.41) is 7.53. The van der Waals surface area contributed by atoms with Crippen LogP contribution < -0.4 is 4.90 Å². The number of nitrogens with zero attached hydrogens (tertiary/aromatic N) is 4. The lowest BCUT2D eigenvalue weighted by Crippen LogP contribution is -2.16. The Hall–Kier alpha value is -12.5. The summed E-state index contributed by atoms with van der Waals surface area (Å²) in [6, 6.07) is 130. The Morgan fingerprint density at radius 3 is 0.948 bits per heavy atom. The van der Waals surface area contributed by atoms with Crippen molar-refractivity contribution in [3.05, 3.63) is 363 Å². The second-order valence-corrected chi connectivity index (χ2v) is 26.5. The quantitative estimate of drug-likeness (QED) is 0.126. The number of anilines is 3. The van der Waals surface area contributed by atoms with Gasteiger partial charge in [-0.1, -0.05) is 244 Å². The maximum Gasteiger partial charge on any atom is 0.0547 e. The lowest BCUT2D eigenvalue weighted by Gasteiger charge is -2.28. The van der Waals surface area contributed by atoms with Crippen molar-refractivity contribution >= 4 is 82.5 Å². The number of para-hydroxylation sites is 6. The van der Waals surface area contributed by atoms with Gasteiger partial charge in [0.1, 0.15) is 0 Å². The third-order valence-corrected chi connectivity index (χ3v) is 20.7. The first-order chi connectivity index (χ1) is 47.8. The fourth-order valence-electron chi connectivity index (χ4n) is 15.8. The Morgan fingerprint density at radius 1 is 0.206 bits per heavy atom. The molecule has 1 aliphatic carbocycles. The van der Waals surface area contributed by atoms with E-state index in [0.29, 0.717) is 0 Å². The van der Waals surface area contributed by atoms with Crippen LogP contribution in [-0.2, 0) is 5.41 Å². The van der Waals surface area contributed by atoms with Crippen molar-refractivity contribution in [2.75, 3.05) is 4.90 Å². The molecule has 0 spiro atoms. The zero-order chi connectivity index (χ0) is 64.3. The van der Waals surface area contributed by atoms with Crippen molar-refractivity contribution in [1.29, 1.82) is 0 Å². The van der Waals surface area contributed by atoms with E-state index >= 15 is 0 Å². The van der Waals surface area contributed by atoms with E-state index in [4.69, 9.17) is 0 Å². The highest BCUT2D eigenvalue weighted by atomic mass is 15.1. The summed E-state index contributed by atoms with van der Waals surface area (Å²) in [5.41, 5.74) is 30.8. The van der Waals surface area contributed by atoms with Gasteiger partial charge >= 0.3 is 0 Å². The van der Waals surface area contributed by atoms with Crippen molar-refractivity contribution < 1.29 is 0 Å². The molecule has 97 heavy (non-hydrogen) atoms. The van der Waals surface area contributed by atoms with E-state index in [9.17, 15) is 0 Å². The van der Waals surface area contributed by atoms with Crippen LogP contribution in [0.5, 0.6) is 0 Å². The van der Waals surface area contributed by atoms with Crippen LogP contribution in [0.15, 0.2) is 352 Å². The summed E-state index contributed by atoms with van der Waals surface area (Å²) >= 11 is 0. The van der Waals surface area contributed by atoms with Gasteiger partial charge in [-0.3, -0.25) is 0 Å². The molecule has 0 N–H and O–H groups in total. The Balaban J connectivity index is 0.659. The molecule has 0 saturated carbocycles. The number of hydrogen-bond donors (Lipinski definition) is 0. The minimum absolute atomic E-state index is 0.278. The second kappa shape index (κ2) is 22.3. The molecule has 3 aromatic heterocycles. The monoisotopic (exact) mass is 1240 g/mol. The molecule has 0 amide bonds. The van der Waals surface area contributed by atoms with Crippen LogP contribution in [0.1, 0.15) is 25.0 Å². The molecule has 0 saturated heterocycles. The van der Waals surface area contributed by atoms with Crippen molar-refractivity contribution in [2.45, 2.75) is 19.3 Å². The highest BCUT2D eigenvalue weighted by Crippen LogP contribution is 2.52. The summed E-state index contributed by atoms with van der Waals surface area (Å²) in [4.78, 5) is 2.43. The van der Waals surface area contributed by atoms with Gasteiger partial charge < -0.3 is 18.6 Å². The molecule has 19 rings (SSSR count). The smallest absolute Gasteiger partial charge is 0.0547 e. The predicted molar refractivity (Wildman–Crippen MR) is 409 cm³/mol. The van der Waals surface area contributed by atoms with Crippen molar-refractivity contribution in [3.63, 3.8) is 0 Å². The first kappa shape index (κ1) is 56.1. The predicted octanol–water partition coefficient (Wildman–Crippen LogP) is 25.1. The van der Waals surface area contributed by atoms with Crippen LogP contribution in [-0.4, -0.2) is 13.7 Å². The molecule has 18 aromatic rings. The molecule has 4 heteroatoms. The molecule has 0 atom stereocenters. The van der Waals surface area contributed by atoms with Gasteiger partial charge in [-0.05, 0) is 199 Å². The lowest BCUT2D eigenvalue weighted by molar-refractivity contribution is 0.660. The molecular weight excluding hydrogens is 1170 g/mol. The van der Waals surface area contributed by atoms with Crippen LogP contribution in [0.25, 0.3) is 149 Å². The molecule has 3 heterocycles. The average molecular weight is 1240 g/mol. The third kappa shape index (κ3) is 9.20. The Bertz CT molecular complexity index is 5850. The number of fused-ring (bicyclic) bond motifs is 12. The van der Waals surface area contributed by atoms with E-state index in [-0.39, 0.29) is 5.41 Å². The Kier molecular flexibility index (Phi) is 12.9. The Morgan fingerprint density at radius 2 is 0.495 bits per heavy atom. The summed E-state index contributed by atoms with van der Waals surface area (Å²) in [7, 11) is 0. The molecule has 15 aromatic carbocycles. The molecule has 0 bridgehead atoms. The van der Waals surface area contributed by atoms with Gasteiger partial charge in [-0.2, -0.15) is 0 Å². The summed E-state index contributed by atoms with van der Waals surface area (Å²) in [5.74, 6) is 0. The number of rotatable bonds is 11. The SMILES string of the molecule is CC1(C)c2cc(-c3ccc4c(c3)c3ccccc3n4-c3ccccc3)ccc2-c2ccc(N(c3ccc(-c4ccc(-c5ccc6c7ccccc7n(-c7ccccc7)c6c5)cc4)cc3)c3ccc(-c4ccc(-c5ccc6c7ccccc7n(-c7ccccc7)c6c5)cc4)cc3)cc21. The van der Waals surface area contributed by atoms with Crippen LogP contribution in [0, 0.1) is 0 Å². The maximum atomic E-state index is 2.45. The largest absolute Gasteiger partial charge is 0.310 e. The Labute approximate surface area is 563 Å². The first-order valence-corrected chi connectivity index (χ1v) is 33.6. The fraction of sp³-hybridized carbons (Fsp3) is 0.0323. The van der Waals surface area contributed by atoms with Gasteiger partial charge in [0.05, 0.1) is 33.1 Å².